The molecule has 3 heteroatoms. The monoisotopic (exact) mass is 353 g/mol. The number of hydrogen-bond donors (Lipinski definition) is 1. The van der Waals surface area contributed by atoms with Gasteiger partial charge >= 0.3 is 0 Å². The van der Waals surface area contributed by atoms with Gasteiger partial charge in [0.2, 0.25) is 5.91 Å². The van der Waals surface area contributed by atoms with E-state index in [1.807, 2.05) is 0 Å². The van der Waals surface area contributed by atoms with Gasteiger partial charge in [-0.1, -0.05) is 28.8 Å². The number of carbonyl (C=O) groups is 1. The topological polar surface area (TPSA) is 29.1 Å². The van der Waals surface area contributed by atoms with Crippen LogP contribution in [0.4, 0.5) is 0 Å². The molecule has 2 atom stereocenters. The Labute approximate surface area is 136 Å². The van der Waals surface area contributed by atoms with E-state index in [0.717, 1.165) is 18.4 Å². The van der Waals surface area contributed by atoms with E-state index in [2.05, 4.69) is 21.2 Å². The van der Waals surface area contributed by atoms with Crippen LogP contribution in [0.1, 0.15) is 57.8 Å². The molecule has 21 heavy (non-hydrogen) atoms. The summed E-state index contributed by atoms with van der Waals surface area (Å²) in [7, 11) is 0. The van der Waals surface area contributed by atoms with Crippen molar-refractivity contribution in [2.45, 2.75) is 62.6 Å². The molecule has 0 radical (unpaired) electrons. The van der Waals surface area contributed by atoms with Crippen LogP contribution in [0.25, 0.3) is 0 Å². The first-order chi connectivity index (χ1) is 10.2. The fourth-order valence-electron chi connectivity index (χ4n) is 6.10. The van der Waals surface area contributed by atoms with Crippen LogP contribution in [0, 0.1) is 35.5 Å². The largest absolute Gasteiger partial charge is 0.356 e. The number of rotatable bonds is 3. The Morgan fingerprint density at radius 2 is 1.57 bits per heavy atom. The lowest BCUT2D eigenvalue weighted by molar-refractivity contribution is -0.138. The van der Waals surface area contributed by atoms with Gasteiger partial charge in [-0.05, 0) is 74.5 Å². The smallest absolute Gasteiger partial charge is 0.223 e. The highest BCUT2D eigenvalue weighted by molar-refractivity contribution is 9.09. The molecule has 5 fully saturated rings. The van der Waals surface area contributed by atoms with Crippen molar-refractivity contribution >= 4 is 21.8 Å². The molecule has 5 aliphatic carbocycles. The summed E-state index contributed by atoms with van der Waals surface area (Å²) >= 11 is 3.81. The summed E-state index contributed by atoms with van der Waals surface area (Å²) in [5.41, 5.74) is 0. The van der Waals surface area contributed by atoms with Crippen molar-refractivity contribution in [3.8, 4) is 0 Å². The van der Waals surface area contributed by atoms with Crippen molar-refractivity contribution in [2.75, 3.05) is 6.54 Å². The highest BCUT2D eigenvalue weighted by atomic mass is 79.9. The minimum Gasteiger partial charge on any atom is -0.356 e. The van der Waals surface area contributed by atoms with E-state index >= 15 is 0 Å². The molecule has 5 aliphatic rings. The van der Waals surface area contributed by atoms with Gasteiger partial charge in [-0.15, -0.1) is 0 Å². The molecule has 118 valence electrons. The number of alkyl halides is 1. The first-order valence-electron chi connectivity index (χ1n) is 9.12. The molecule has 0 aromatic heterocycles. The van der Waals surface area contributed by atoms with Gasteiger partial charge in [0, 0.05) is 17.3 Å². The molecule has 5 saturated carbocycles. The van der Waals surface area contributed by atoms with E-state index in [9.17, 15) is 4.79 Å². The minimum absolute atomic E-state index is 0.357. The van der Waals surface area contributed by atoms with Gasteiger partial charge in [0.25, 0.3) is 0 Å². The zero-order valence-electron chi connectivity index (χ0n) is 12.9. The zero-order chi connectivity index (χ0) is 14.4. The molecule has 1 amide bonds. The molecule has 0 heterocycles. The highest BCUT2D eigenvalue weighted by Crippen LogP contribution is 2.56. The van der Waals surface area contributed by atoms with Crippen molar-refractivity contribution in [1.29, 1.82) is 0 Å². The van der Waals surface area contributed by atoms with Crippen molar-refractivity contribution in [3.05, 3.63) is 0 Å². The molecule has 2 nitrogen and oxygen atoms in total. The van der Waals surface area contributed by atoms with Crippen LogP contribution in [-0.4, -0.2) is 17.3 Å². The van der Waals surface area contributed by atoms with E-state index < -0.39 is 0 Å². The summed E-state index contributed by atoms with van der Waals surface area (Å²) < 4.78 is 0. The number of hydrogen-bond acceptors (Lipinski definition) is 1. The van der Waals surface area contributed by atoms with Gasteiger partial charge in [0.1, 0.15) is 0 Å². The van der Waals surface area contributed by atoms with Crippen LogP contribution in [0.5, 0.6) is 0 Å². The van der Waals surface area contributed by atoms with Crippen LogP contribution in [0.2, 0.25) is 0 Å². The van der Waals surface area contributed by atoms with Gasteiger partial charge < -0.3 is 5.32 Å². The number of nitrogens with one attached hydrogen (secondary N) is 1. The first-order valence-corrected chi connectivity index (χ1v) is 10.0. The van der Waals surface area contributed by atoms with E-state index in [4.69, 9.17) is 0 Å². The van der Waals surface area contributed by atoms with Gasteiger partial charge in [-0.25, -0.2) is 0 Å². The van der Waals surface area contributed by atoms with Gasteiger partial charge in [-0.2, -0.15) is 0 Å². The van der Waals surface area contributed by atoms with Crippen molar-refractivity contribution in [1.82, 2.24) is 5.32 Å². The molecule has 1 N–H and O–H groups in total. The average Bonchev–Trinajstić information content (AvgIpc) is 2.45. The van der Waals surface area contributed by atoms with Crippen molar-refractivity contribution in [2.24, 2.45) is 35.5 Å². The maximum absolute atomic E-state index is 12.8. The summed E-state index contributed by atoms with van der Waals surface area (Å²) in [6.07, 6.45) is 12.1. The Morgan fingerprint density at radius 1 is 0.952 bits per heavy atom. The summed E-state index contributed by atoms with van der Waals surface area (Å²) in [4.78, 5) is 13.4. The van der Waals surface area contributed by atoms with Crippen molar-refractivity contribution < 1.29 is 4.79 Å². The fourth-order valence-corrected chi connectivity index (χ4v) is 6.87. The molecule has 5 rings (SSSR count). The predicted molar refractivity (Wildman–Crippen MR) is 88.2 cm³/mol. The molecular formula is C18H28BrNO. The lowest BCUT2D eigenvalue weighted by Gasteiger charge is -2.53. The third-order valence-corrected chi connectivity index (χ3v) is 8.09. The summed E-state index contributed by atoms with van der Waals surface area (Å²) in [6.45, 7) is 0.900. The summed E-state index contributed by atoms with van der Waals surface area (Å²) in [6, 6.07) is 0. The normalized spacial score (nSPS) is 48.3. The Morgan fingerprint density at radius 3 is 2.19 bits per heavy atom. The van der Waals surface area contributed by atoms with E-state index in [1.54, 1.807) is 0 Å². The summed E-state index contributed by atoms with van der Waals surface area (Å²) in [5, 5.41) is 3.34. The zero-order valence-corrected chi connectivity index (χ0v) is 14.5. The Kier molecular flexibility index (Phi) is 4.06. The average molecular weight is 354 g/mol. The SMILES string of the molecule is O=C(NCC1CCCCC1Br)C1C2CC3CC(C2)CC1C3. The standard InChI is InChI=1S/C18H28BrNO/c19-16-4-2-1-3-13(16)10-20-18(21)17-14-6-11-5-12(8-14)9-15(17)7-11/h11-17H,1-10H2,(H,20,21). The lowest BCUT2D eigenvalue weighted by atomic mass is 9.51. The van der Waals surface area contributed by atoms with Gasteiger partial charge in [-0.3, -0.25) is 4.79 Å². The first kappa shape index (κ1) is 14.5. The van der Waals surface area contributed by atoms with Crippen LogP contribution in [0.3, 0.4) is 0 Å². The molecular weight excluding hydrogens is 326 g/mol. The molecule has 0 aliphatic heterocycles. The van der Waals surface area contributed by atoms with Gasteiger partial charge in [0.05, 0.1) is 0 Å². The maximum atomic E-state index is 12.8. The number of carbonyl (C=O) groups excluding carboxylic acids is 1. The molecule has 0 aromatic carbocycles. The Hall–Kier alpha value is -0.0500. The molecule has 0 saturated heterocycles. The Balaban J connectivity index is 1.35. The fraction of sp³-hybridized carbons (Fsp3) is 0.944. The van der Waals surface area contributed by atoms with Crippen LogP contribution < -0.4 is 5.32 Å². The van der Waals surface area contributed by atoms with Crippen molar-refractivity contribution in [3.63, 3.8) is 0 Å². The van der Waals surface area contributed by atoms with E-state index in [-0.39, 0.29) is 0 Å². The molecule has 0 aromatic rings. The second-order valence-electron chi connectivity index (χ2n) is 8.26. The Bertz CT molecular complexity index is 382. The van der Waals surface area contributed by atoms with E-state index in [0.29, 0.717) is 34.4 Å². The van der Waals surface area contributed by atoms with E-state index in [1.165, 1.54) is 57.8 Å². The molecule has 0 spiro atoms. The second kappa shape index (κ2) is 5.86. The maximum Gasteiger partial charge on any atom is 0.223 e. The lowest BCUT2D eigenvalue weighted by Crippen LogP contribution is -2.51. The predicted octanol–water partition coefficient (Wildman–Crippen LogP) is 4.13. The number of halogens is 1. The number of amides is 1. The molecule has 4 bridgehead atoms. The molecule has 2 unspecified atom stereocenters. The third-order valence-electron chi connectivity index (χ3n) is 6.88. The van der Waals surface area contributed by atoms with Crippen LogP contribution in [0.15, 0.2) is 0 Å². The highest BCUT2D eigenvalue weighted by Gasteiger charge is 2.50. The van der Waals surface area contributed by atoms with Crippen LogP contribution in [-0.2, 0) is 4.79 Å². The second-order valence-corrected chi connectivity index (χ2v) is 9.44. The quantitative estimate of drug-likeness (QED) is 0.759. The summed E-state index contributed by atoms with van der Waals surface area (Å²) in [5.74, 6) is 4.76. The van der Waals surface area contributed by atoms with Gasteiger partial charge in [0.15, 0.2) is 0 Å². The third kappa shape index (κ3) is 2.80. The minimum atomic E-state index is 0.357. The van der Waals surface area contributed by atoms with Crippen LogP contribution >= 0.6 is 15.9 Å².